The van der Waals surface area contributed by atoms with E-state index >= 15 is 0 Å². The molecule has 2 rings (SSSR count). The smallest absolute Gasteiger partial charge is 0.412 e. The summed E-state index contributed by atoms with van der Waals surface area (Å²) in [6, 6.07) is 13.1. The van der Waals surface area contributed by atoms with Crippen molar-refractivity contribution < 1.29 is 14.3 Å². The number of nitrogens with one attached hydrogen (secondary N) is 1. The van der Waals surface area contributed by atoms with E-state index in [2.05, 4.69) is 24.4 Å². The molecular formula is C22H28N2O3. The average Bonchev–Trinajstić information content (AvgIpc) is 2.55. The number of carbonyl (C=O) groups is 2. The highest BCUT2D eigenvalue weighted by Crippen LogP contribution is 2.17. The van der Waals surface area contributed by atoms with Crippen molar-refractivity contribution in [2.24, 2.45) is 0 Å². The molecule has 0 aliphatic heterocycles. The van der Waals surface area contributed by atoms with E-state index in [0.29, 0.717) is 17.8 Å². The number of hydrogen-bond donors (Lipinski definition) is 1. The molecule has 5 heteroatoms. The molecule has 0 unspecified atom stereocenters. The van der Waals surface area contributed by atoms with E-state index in [1.165, 1.54) is 5.56 Å². The number of nitrogens with zero attached hydrogens (tertiary/aromatic N) is 1. The quantitative estimate of drug-likeness (QED) is 0.833. The minimum Gasteiger partial charge on any atom is -0.444 e. The van der Waals surface area contributed by atoms with E-state index in [-0.39, 0.29) is 5.91 Å². The molecule has 144 valence electrons. The van der Waals surface area contributed by atoms with Crippen molar-refractivity contribution in [3.8, 4) is 0 Å². The molecule has 0 fully saturated rings. The predicted octanol–water partition coefficient (Wildman–Crippen LogP) is 4.92. The second-order valence-electron chi connectivity index (χ2n) is 7.80. The number of rotatable bonds is 4. The zero-order chi connectivity index (χ0) is 20.2. The first-order chi connectivity index (χ1) is 12.5. The van der Waals surface area contributed by atoms with Crippen molar-refractivity contribution in [3.63, 3.8) is 0 Å². The molecule has 27 heavy (non-hydrogen) atoms. The van der Waals surface area contributed by atoms with Crippen LogP contribution in [0.3, 0.4) is 0 Å². The van der Waals surface area contributed by atoms with Gasteiger partial charge in [0.25, 0.3) is 5.91 Å². The van der Waals surface area contributed by atoms with Crippen LogP contribution in [0.2, 0.25) is 0 Å². The molecule has 0 heterocycles. The molecule has 2 aromatic rings. The molecule has 2 amide bonds. The van der Waals surface area contributed by atoms with E-state index in [1.54, 1.807) is 57.0 Å². The van der Waals surface area contributed by atoms with Gasteiger partial charge in [-0.2, -0.15) is 0 Å². The van der Waals surface area contributed by atoms with Gasteiger partial charge in [-0.25, -0.2) is 4.79 Å². The normalized spacial score (nSPS) is 11.0. The van der Waals surface area contributed by atoms with Crippen LogP contribution in [0.15, 0.2) is 42.5 Å². The Kier molecular flexibility index (Phi) is 6.26. The number of hydrogen-bond acceptors (Lipinski definition) is 3. The fraction of sp³-hybridized carbons (Fsp3) is 0.364. The predicted molar refractivity (Wildman–Crippen MR) is 108 cm³/mol. The lowest BCUT2D eigenvalue weighted by molar-refractivity contribution is 0.0635. The van der Waals surface area contributed by atoms with Crippen molar-refractivity contribution in [3.05, 3.63) is 64.7 Å². The van der Waals surface area contributed by atoms with Gasteiger partial charge in [0.05, 0.1) is 0 Å². The summed E-state index contributed by atoms with van der Waals surface area (Å²) >= 11 is 0. The van der Waals surface area contributed by atoms with Gasteiger partial charge in [-0.05, 0) is 63.9 Å². The lowest BCUT2D eigenvalue weighted by atomic mass is 10.1. The van der Waals surface area contributed by atoms with E-state index in [9.17, 15) is 9.59 Å². The average molecular weight is 368 g/mol. The molecule has 5 nitrogen and oxygen atoms in total. The number of carbonyl (C=O) groups excluding carboxylic acids is 2. The number of benzene rings is 2. The summed E-state index contributed by atoms with van der Waals surface area (Å²) in [6.45, 7) is 10.0. The van der Waals surface area contributed by atoms with Gasteiger partial charge >= 0.3 is 6.09 Å². The van der Waals surface area contributed by atoms with Gasteiger partial charge in [0.1, 0.15) is 5.60 Å². The second kappa shape index (κ2) is 8.25. The fourth-order valence-electron chi connectivity index (χ4n) is 2.72. The molecule has 0 spiro atoms. The highest BCUT2D eigenvalue weighted by molar-refractivity contribution is 5.96. The molecule has 0 aromatic heterocycles. The van der Waals surface area contributed by atoms with Gasteiger partial charge in [0, 0.05) is 24.8 Å². The summed E-state index contributed by atoms with van der Waals surface area (Å²) in [6.07, 6.45) is -0.546. The zero-order valence-electron chi connectivity index (χ0n) is 16.9. The Bertz CT molecular complexity index is 838. The van der Waals surface area contributed by atoms with Gasteiger partial charge in [0.15, 0.2) is 0 Å². The monoisotopic (exact) mass is 368 g/mol. The van der Waals surface area contributed by atoms with Crippen LogP contribution in [-0.4, -0.2) is 29.5 Å². The number of aryl methyl sites for hydroxylation is 2. The lowest BCUT2D eigenvalue weighted by Gasteiger charge is -2.21. The van der Waals surface area contributed by atoms with Crippen LogP contribution >= 0.6 is 0 Å². The van der Waals surface area contributed by atoms with Gasteiger partial charge in [-0.15, -0.1) is 0 Å². The van der Waals surface area contributed by atoms with E-state index < -0.39 is 11.7 Å². The molecule has 0 saturated carbocycles. The number of anilines is 1. The Morgan fingerprint density at radius 2 is 1.78 bits per heavy atom. The van der Waals surface area contributed by atoms with Crippen molar-refractivity contribution in [2.75, 3.05) is 12.4 Å². The Balaban J connectivity index is 2.08. The third kappa shape index (κ3) is 6.13. The topological polar surface area (TPSA) is 58.6 Å². The summed E-state index contributed by atoms with van der Waals surface area (Å²) in [7, 11) is 1.77. The van der Waals surface area contributed by atoms with E-state index in [0.717, 1.165) is 11.1 Å². The third-order valence-corrected chi connectivity index (χ3v) is 4.01. The zero-order valence-corrected chi connectivity index (χ0v) is 16.9. The minimum atomic E-state index is -0.580. The van der Waals surface area contributed by atoms with E-state index in [1.807, 2.05) is 13.0 Å². The molecule has 0 saturated heterocycles. The van der Waals surface area contributed by atoms with Gasteiger partial charge in [-0.3, -0.25) is 10.1 Å². The van der Waals surface area contributed by atoms with Crippen molar-refractivity contribution in [1.82, 2.24) is 4.90 Å². The van der Waals surface area contributed by atoms with Crippen molar-refractivity contribution in [2.45, 2.75) is 46.8 Å². The highest BCUT2D eigenvalue weighted by Gasteiger charge is 2.17. The molecular weight excluding hydrogens is 340 g/mol. The minimum absolute atomic E-state index is 0.109. The Morgan fingerprint density at radius 1 is 1.07 bits per heavy atom. The summed E-state index contributed by atoms with van der Waals surface area (Å²) in [5, 5.41) is 2.67. The molecule has 0 atom stereocenters. The first-order valence-electron chi connectivity index (χ1n) is 8.97. The maximum absolute atomic E-state index is 12.8. The molecule has 2 aromatic carbocycles. The summed E-state index contributed by atoms with van der Waals surface area (Å²) < 4.78 is 5.25. The lowest BCUT2D eigenvalue weighted by Crippen LogP contribution is -2.28. The SMILES string of the molecule is Cc1ccc(CN(C)C(=O)c2cccc(NC(=O)OC(C)(C)C)c2)c(C)c1. The van der Waals surface area contributed by atoms with E-state index in [4.69, 9.17) is 4.74 Å². The largest absolute Gasteiger partial charge is 0.444 e. The van der Waals surface area contributed by atoms with Crippen LogP contribution in [0.5, 0.6) is 0 Å². The van der Waals surface area contributed by atoms with Crippen LogP contribution in [0.4, 0.5) is 10.5 Å². The first-order valence-corrected chi connectivity index (χ1v) is 8.97. The Hall–Kier alpha value is -2.82. The fourth-order valence-corrected chi connectivity index (χ4v) is 2.72. The molecule has 0 aliphatic carbocycles. The molecule has 1 N–H and O–H groups in total. The number of amides is 2. The highest BCUT2D eigenvalue weighted by atomic mass is 16.6. The summed E-state index contributed by atoms with van der Waals surface area (Å²) in [4.78, 5) is 26.4. The van der Waals surface area contributed by atoms with Crippen LogP contribution in [0, 0.1) is 13.8 Å². The maximum Gasteiger partial charge on any atom is 0.412 e. The number of ether oxygens (including phenoxy) is 1. The van der Waals surface area contributed by atoms with Crippen LogP contribution in [0.1, 0.15) is 47.8 Å². The third-order valence-electron chi connectivity index (χ3n) is 4.01. The van der Waals surface area contributed by atoms with Crippen molar-refractivity contribution in [1.29, 1.82) is 0 Å². The summed E-state index contributed by atoms with van der Waals surface area (Å²) in [5.41, 5.74) is 3.93. The molecule has 0 radical (unpaired) electrons. The van der Waals surface area contributed by atoms with Gasteiger partial charge < -0.3 is 9.64 Å². The first kappa shape index (κ1) is 20.5. The van der Waals surface area contributed by atoms with Crippen LogP contribution in [0.25, 0.3) is 0 Å². The molecule has 0 aliphatic rings. The second-order valence-corrected chi connectivity index (χ2v) is 7.80. The standard InChI is InChI=1S/C22H28N2O3/c1-15-10-11-18(16(2)12-15)14-24(6)20(25)17-8-7-9-19(13-17)23-21(26)27-22(3,4)5/h7-13H,14H2,1-6H3,(H,23,26). The summed E-state index contributed by atoms with van der Waals surface area (Å²) in [5.74, 6) is -0.109. The molecule has 0 bridgehead atoms. The Labute approximate surface area is 161 Å². The van der Waals surface area contributed by atoms with Gasteiger partial charge in [0.2, 0.25) is 0 Å². The van der Waals surface area contributed by atoms with Crippen molar-refractivity contribution >= 4 is 17.7 Å². The van der Waals surface area contributed by atoms with Crippen LogP contribution < -0.4 is 5.32 Å². The van der Waals surface area contributed by atoms with Crippen LogP contribution in [-0.2, 0) is 11.3 Å². The Morgan fingerprint density at radius 3 is 2.41 bits per heavy atom. The maximum atomic E-state index is 12.8. The van der Waals surface area contributed by atoms with Gasteiger partial charge in [-0.1, -0.05) is 29.8 Å².